The number of likely N-dealkylation sites (tertiary alicyclic amines) is 1. The Morgan fingerprint density at radius 3 is 2.59 bits per heavy atom. The van der Waals surface area contributed by atoms with Crippen LogP contribution in [0.1, 0.15) is 32.3 Å². The van der Waals surface area contributed by atoms with Crippen molar-refractivity contribution in [2.24, 2.45) is 5.92 Å². The van der Waals surface area contributed by atoms with Crippen LogP contribution in [0.15, 0.2) is 60.8 Å². The molecule has 0 aliphatic carbocycles. The number of nitro benzene ring substituents is 1. The van der Waals surface area contributed by atoms with Crippen molar-refractivity contribution in [3.63, 3.8) is 0 Å². The summed E-state index contributed by atoms with van der Waals surface area (Å²) >= 11 is 0. The van der Waals surface area contributed by atoms with E-state index in [0.717, 1.165) is 42.7 Å². The molecule has 0 radical (unpaired) electrons. The summed E-state index contributed by atoms with van der Waals surface area (Å²) in [7, 11) is 0. The normalized spacial score (nSPS) is 16.5. The minimum Gasteiger partial charge on any atom is -0.355 e. The van der Waals surface area contributed by atoms with Crippen LogP contribution in [0, 0.1) is 16.0 Å². The lowest BCUT2D eigenvalue weighted by atomic mass is 9.97. The zero-order valence-corrected chi connectivity index (χ0v) is 19.7. The van der Waals surface area contributed by atoms with E-state index in [1.165, 1.54) is 12.1 Å². The van der Waals surface area contributed by atoms with Crippen molar-refractivity contribution in [2.45, 2.75) is 39.2 Å². The second-order valence-corrected chi connectivity index (χ2v) is 9.16. The molecule has 1 saturated heterocycles. The van der Waals surface area contributed by atoms with E-state index >= 15 is 0 Å². The SMILES string of the molecule is CC(C)N1CCCC(CNC(=O)Cc2cn(-c3ccccc3)nc2-c2ccc([N+](=O)[O-])cc2)C1. The number of para-hydroxylation sites is 1. The quantitative estimate of drug-likeness (QED) is 0.400. The van der Waals surface area contributed by atoms with Crippen molar-refractivity contribution in [1.29, 1.82) is 0 Å². The van der Waals surface area contributed by atoms with Gasteiger partial charge in [-0.25, -0.2) is 4.68 Å². The Kier molecular flexibility index (Phi) is 7.37. The molecule has 0 saturated carbocycles. The maximum atomic E-state index is 12.9. The van der Waals surface area contributed by atoms with Gasteiger partial charge < -0.3 is 10.2 Å². The number of hydrogen-bond acceptors (Lipinski definition) is 5. The molecule has 178 valence electrons. The van der Waals surface area contributed by atoms with Crippen LogP contribution in [-0.2, 0) is 11.2 Å². The highest BCUT2D eigenvalue weighted by Crippen LogP contribution is 2.26. The number of carbonyl (C=O) groups excluding carboxylic acids is 1. The van der Waals surface area contributed by atoms with Gasteiger partial charge in [0.2, 0.25) is 5.91 Å². The summed E-state index contributed by atoms with van der Waals surface area (Å²) in [5.41, 5.74) is 3.07. The van der Waals surface area contributed by atoms with E-state index in [2.05, 4.69) is 24.1 Å². The van der Waals surface area contributed by atoms with Gasteiger partial charge in [-0.3, -0.25) is 14.9 Å². The van der Waals surface area contributed by atoms with Crippen LogP contribution in [-0.4, -0.2) is 51.2 Å². The van der Waals surface area contributed by atoms with Crippen molar-refractivity contribution in [2.75, 3.05) is 19.6 Å². The van der Waals surface area contributed by atoms with Crippen molar-refractivity contribution >= 4 is 11.6 Å². The third-order valence-corrected chi connectivity index (χ3v) is 6.38. The van der Waals surface area contributed by atoms with E-state index in [0.29, 0.717) is 24.2 Å². The number of piperidine rings is 1. The van der Waals surface area contributed by atoms with E-state index in [-0.39, 0.29) is 18.0 Å². The largest absolute Gasteiger partial charge is 0.355 e. The first kappa shape index (κ1) is 23.6. The molecule has 2 heterocycles. The van der Waals surface area contributed by atoms with Crippen LogP contribution < -0.4 is 5.32 Å². The number of benzene rings is 2. The van der Waals surface area contributed by atoms with E-state index in [9.17, 15) is 14.9 Å². The van der Waals surface area contributed by atoms with Gasteiger partial charge in [0.1, 0.15) is 0 Å². The van der Waals surface area contributed by atoms with E-state index in [4.69, 9.17) is 5.10 Å². The fraction of sp³-hybridized carbons (Fsp3) is 0.385. The Balaban J connectivity index is 1.51. The number of nitro groups is 1. The van der Waals surface area contributed by atoms with E-state index < -0.39 is 4.92 Å². The first-order valence-corrected chi connectivity index (χ1v) is 11.8. The first-order valence-electron chi connectivity index (χ1n) is 11.8. The molecule has 1 aliphatic rings. The molecule has 34 heavy (non-hydrogen) atoms. The summed E-state index contributed by atoms with van der Waals surface area (Å²) in [5.74, 6) is 0.415. The van der Waals surface area contributed by atoms with E-state index in [1.807, 2.05) is 36.5 Å². The number of nitrogens with zero attached hydrogens (tertiary/aromatic N) is 4. The van der Waals surface area contributed by atoms with Gasteiger partial charge in [0.25, 0.3) is 5.69 Å². The molecule has 0 bridgehead atoms. The highest BCUT2D eigenvalue weighted by atomic mass is 16.6. The zero-order chi connectivity index (χ0) is 24.1. The van der Waals surface area contributed by atoms with Gasteiger partial charge in [-0.2, -0.15) is 5.10 Å². The van der Waals surface area contributed by atoms with Crippen LogP contribution in [0.25, 0.3) is 16.9 Å². The number of hydrogen-bond donors (Lipinski definition) is 1. The molecule has 0 spiro atoms. The van der Waals surface area contributed by atoms with Gasteiger partial charge in [-0.1, -0.05) is 18.2 Å². The van der Waals surface area contributed by atoms with Crippen molar-refractivity contribution in [3.8, 4) is 16.9 Å². The fourth-order valence-electron chi connectivity index (χ4n) is 4.46. The van der Waals surface area contributed by atoms with Crippen LogP contribution in [0.4, 0.5) is 5.69 Å². The molecular weight excluding hydrogens is 430 g/mol. The standard InChI is InChI=1S/C26H31N5O3/c1-19(2)29-14-6-7-20(17-29)16-27-25(32)15-22-18-30(23-8-4-3-5-9-23)28-26(22)21-10-12-24(13-11-21)31(33)34/h3-5,8-13,18-20H,6-7,14-17H2,1-2H3,(H,27,32). The van der Waals surface area contributed by atoms with E-state index in [1.54, 1.807) is 16.8 Å². The molecule has 1 N–H and O–H groups in total. The lowest BCUT2D eigenvalue weighted by Crippen LogP contribution is -2.44. The van der Waals surface area contributed by atoms with Crippen LogP contribution in [0.5, 0.6) is 0 Å². The molecule has 1 aromatic heterocycles. The molecule has 1 atom stereocenters. The van der Waals surface area contributed by atoms with Gasteiger partial charge in [-0.15, -0.1) is 0 Å². The number of non-ortho nitro benzene ring substituents is 1. The lowest BCUT2D eigenvalue weighted by Gasteiger charge is -2.35. The number of amides is 1. The third-order valence-electron chi connectivity index (χ3n) is 6.38. The molecule has 2 aromatic carbocycles. The fourth-order valence-corrected chi connectivity index (χ4v) is 4.46. The smallest absolute Gasteiger partial charge is 0.269 e. The van der Waals surface area contributed by atoms with Gasteiger partial charge in [0.15, 0.2) is 0 Å². The number of nitrogens with one attached hydrogen (secondary N) is 1. The molecule has 1 fully saturated rings. The lowest BCUT2D eigenvalue weighted by molar-refractivity contribution is -0.384. The average Bonchev–Trinajstić information content (AvgIpc) is 3.27. The summed E-state index contributed by atoms with van der Waals surface area (Å²) in [6.07, 6.45) is 4.35. The Labute approximate surface area is 199 Å². The second kappa shape index (κ2) is 10.6. The summed E-state index contributed by atoms with van der Waals surface area (Å²) in [6, 6.07) is 16.5. The van der Waals surface area contributed by atoms with Crippen molar-refractivity contribution in [3.05, 3.63) is 76.5 Å². The Bertz CT molecular complexity index is 1130. The molecular formula is C26H31N5O3. The first-order chi connectivity index (χ1) is 16.4. The Morgan fingerprint density at radius 1 is 1.18 bits per heavy atom. The summed E-state index contributed by atoms with van der Waals surface area (Å²) < 4.78 is 1.75. The third kappa shape index (κ3) is 5.69. The number of aromatic nitrogens is 2. The monoisotopic (exact) mass is 461 g/mol. The second-order valence-electron chi connectivity index (χ2n) is 9.16. The van der Waals surface area contributed by atoms with Crippen molar-refractivity contribution < 1.29 is 9.72 Å². The minimum absolute atomic E-state index is 0.0217. The topological polar surface area (TPSA) is 93.3 Å². The zero-order valence-electron chi connectivity index (χ0n) is 19.7. The molecule has 3 aromatic rings. The van der Waals surface area contributed by atoms with Gasteiger partial charge in [0.05, 0.1) is 22.7 Å². The molecule has 1 amide bonds. The highest BCUT2D eigenvalue weighted by molar-refractivity contribution is 5.81. The van der Waals surface area contributed by atoms with Crippen LogP contribution in [0.2, 0.25) is 0 Å². The van der Waals surface area contributed by atoms with Gasteiger partial charge >= 0.3 is 0 Å². The Hall–Kier alpha value is -3.52. The molecule has 1 aliphatic heterocycles. The highest BCUT2D eigenvalue weighted by Gasteiger charge is 2.22. The average molecular weight is 462 g/mol. The number of rotatable bonds is 8. The maximum Gasteiger partial charge on any atom is 0.269 e. The molecule has 1 unspecified atom stereocenters. The summed E-state index contributed by atoms with van der Waals surface area (Å²) in [4.78, 5) is 26.0. The summed E-state index contributed by atoms with van der Waals surface area (Å²) in [5, 5.41) is 18.9. The molecule has 4 rings (SSSR count). The minimum atomic E-state index is -0.424. The van der Waals surface area contributed by atoms with Crippen molar-refractivity contribution in [1.82, 2.24) is 20.0 Å². The molecule has 8 nitrogen and oxygen atoms in total. The molecule has 8 heteroatoms. The predicted molar refractivity (Wildman–Crippen MR) is 132 cm³/mol. The van der Waals surface area contributed by atoms with Gasteiger partial charge in [-0.05, 0) is 63.4 Å². The number of carbonyl (C=O) groups is 1. The van der Waals surface area contributed by atoms with Crippen LogP contribution in [0.3, 0.4) is 0 Å². The Morgan fingerprint density at radius 2 is 1.91 bits per heavy atom. The summed E-state index contributed by atoms with van der Waals surface area (Å²) in [6.45, 7) is 7.23. The van der Waals surface area contributed by atoms with Gasteiger partial charge in [0, 0.05) is 48.6 Å². The maximum absolute atomic E-state index is 12.9. The predicted octanol–water partition coefficient (Wildman–Crippen LogP) is 4.23. The van der Waals surface area contributed by atoms with Crippen LogP contribution >= 0.6 is 0 Å².